The van der Waals surface area contributed by atoms with Crippen molar-refractivity contribution in [3.8, 4) is 17.3 Å². The van der Waals surface area contributed by atoms with Gasteiger partial charge in [-0.15, -0.1) is 0 Å². The molecule has 0 radical (unpaired) electrons. The van der Waals surface area contributed by atoms with Crippen LogP contribution in [0.2, 0.25) is 0 Å². The van der Waals surface area contributed by atoms with E-state index in [9.17, 15) is 4.79 Å². The highest BCUT2D eigenvalue weighted by Gasteiger charge is 2.11. The van der Waals surface area contributed by atoms with Gasteiger partial charge in [0.25, 0.3) is 5.91 Å². The summed E-state index contributed by atoms with van der Waals surface area (Å²) in [5.74, 6) is -0.228. The first-order valence-corrected chi connectivity index (χ1v) is 8.92. The Labute approximate surface area is 163 Å². The Morgan fingerprint density at radius 2 is 1.75 bits per heavy atom. The van der Waals surface area contributed by atoms with Gasteiger partial charge in [-0.25, -0.2) is 4.98 Å². The molecule has 134 valence electrons. The van der Waals surface area contributed by atoms with E-state index < -0.39 is 0 Å². The van der Waals surface area contributed by atoms with Crippen LogP contribution < -0.4 is 5.32 Å². The highest BCUT2D eigenvalue weighted by atomic mass is 16.1. The maximum absolute atomic E-state index is 12.6. The molecule has 0 unspecified atom stereocenters. The molecule has 4 aromatic rings. The van der Waals surface area contributed by atoms with Crippen molar-refractivity contribution in [2.24, 2.45) is 0 Å². The number of rotatable bonds is 3. The molecule has 0 aliphatic rings. The Kier molecular flexibility index (Phi) is 4.57. The smallest absolute Gasteiger partial charge is 0.255 e. The van der Waals surface area contributed by atoms with Gasteiger partial charge in [-0.2, -0.15) is 5.26 Å². The second-order valence-electron chi connectivity index (χ2n) is 6.58. The molecule has 0 bridgehead atoms. The van der Waals surface area contributed by atoms with Gasteiger partial charge in [-0.3, -0.25) is 4.79 Å². The number of carbonyl (C=O) groups is 1. The van der Waals surface area contributed by atoms with Crippen molar-refractivity contribution >= 4 is 22.5 Å². The summed E-state index contributed by atoms with van der Waals surface area (Å²) >= 11 is 0. The molecule has 0 atom stereocenters. The lowest BCUT2D eigenvalue weighted by Gasteiger charge is -2.11. The van der Waals surface area contributed by atoms with E-state index in [4.69, 9.17) is 10.2 Å². The molecule has 3 aromatic carbocycles. The molecule has 0 saturated heterocycles. The van der Waals surface area contributed by atoms with Crippen LogP contribution >= 0.6 is 0 Å². The first-order valence-electron chi connectivity index (χ1n) is 8.92. The van der Waals surface area contributed by atoms with Gasteiger partial charge in [0, 0.05) is 16.5 Å². The number of nitrogens with one attached hydrogen (secondary N) is 1. The highest BCUT2D eigenvalue weighted by molar-refractivity contribution is 6.06. The fourth-order valence-electron chi connectivity index (χ4n) is 3.10. The lowest BCUT2D eigenvalue weighted by atomic mass is 10.1. The number of benzene rings is 3. The SMILES string of the molecule is Cc1ccc2nc(-c3ccccc3NC(=O)c3ccc(C#N)cc3)ccc2c1. The zero-order valence-electron chi connectivity index (χ0n) is 15.3. The fraction of sp³-hybridized carbons (Fsp3) is 0.0417. The summed E-state index contributed by atoms with van der Waals surface area (Å²) in [5, 5.41) is 12.9. The third-order valence-electron chi connectivity index (χ3n) is 4.57. The molecule has 0 aliphatic carbocycles. The standard InChI is InChI=1S/C24H17N3O/c1-16-6-12-21-19(14-16)11-13-23(26-21)20-4-2-3-5-22(20)27-24(28)18-9-7-17(15-25)8-10-18/h2-14H,1H3,(H,27,28). The van der Waals surface area contributed by atoms with Gasteiger partial charge in [-0.05, 0) is 55.5 Å². The van der Waals surface area contributed by atoms with Crippen molar-refractivity contribution in [2.45, 2.75) is 6.92 Å². The van der Waals surface area contributed by atoms with E-state index in [2.05, 4.69) is 24.4 Å². The Morgan fingerprint density at radius 1 is 0.964 bits per heavy atom. The van der Waals surface area contributed by atoms with Crippen LogP contribution in [0.15, 0.2) is 78.9 Å². The molecule has 28 heavy (non-hydrogen) atoms. The number of nitriles is 1. The first kappa shape index (κ1) is 17.4. The van der Waals surface area contributed by atoms with Crippen LogP contribution in [0, 0.1) is 18.3 Å². The second-order valence-corrected chi connectivity index (χ2v) is 6.58. The fourth-order valence-corrected chi connectivity index (χ4v) is 3.10. The van der Waals surface area contributed by atoms with E-state index in [-0.39, 0.29) is 5.91 Å². The third-order valence-corrected chi connectivity index (χ3v) is 4.57. The molecule has 1 amide bonds. The monoisotopic (exact) mass is 363 g/mol. The van der Waals surface area contributed by atoms with E-state index >= 15 is 0 Å². The minimum absolute atomic E-state index is 0.228. The van der Waals surface area contributed by atoms with Gasteiger partial charge in [0.05, 0.1) is 28.5 Å². The van der Waals surface area contributed by atoms with Crippen LogP contribution in [0.1, 0.15) is 21.5 Å². The summed E-state index contributed by atoms with van der Waals surface area (Å²) in [6, 6.07) is 26.4. The molecule has 0 spiro atoms. The number of para-hydroxylation sites is 1. The van der Waals surface area contributed by atoms with Gasteiger partial charge >= 0.3 is 0 Å². The van der Waals surface area contributed by atoms with Crippen molar-refractivity contribution < 1.29 is 4.79 Å². The number of aromatic nitrogens is 1. The molecule has 0 aliphatic heterocycles. The number of hydrogen-bond acceptors (Lipinski definition) is 3. The predicted molar refractivity (Wildman–Crippen MR) is 111 cm³/mol. The van der Waals surface area contributed by atoms with E-state index in [1.807, 2.05) is 48.5 Å². The van der Waals surface area contributed by atoms with Crippen molar-refractivity contribution in [1.82, 2.24) is 4.98 Å². The van der Waals surface area contributed by atoms with Crippen LogP contribution in [0.5, 0.6) is 0 Å². The maximum atomic E-state index is 12.6. The second kappa shape index (κ2) is 7.34. The van der Waals surface area contributed by atoms with Gasteiger partial charge in [0.1, 0.15) is 0 Å². The van der Waals surface area contributed by atoms with Crippen molar-refractivity contribution in [1.29, 1.82) is 5.26 Å². The molecule has 1 aromatic heterocycles. The van der Waals surface area contributed by atoms with Crippen LogP contribution in [-0.4, -0.2) is 10.9 Å². The zero-order valence-corrected chi connectivity index (χ0v) is 15.3. The average molecular weight is 363 g/mol. The van der Waals surface area contributed by atoms with Crippen LogP contribution in [0.25, 0.3) is 22.2 Å². The lowest BCUT2D eigenvalue weighted by Crippen LogP contribution is -2.12. The number of hydrogen-bond donors (Lipinski definition) is 1. The lowest BCUT2D eigenvalue weighted by molar-refractivity contribution is 0.102. The van der Waals surface area contributed by atoms with E-state index in [0.717, 1.165) is 22.2 Å². The number of carbonyl (C=O) groups excluding carboxylic acids is 1. The predicted octanol–water partition coefficient (Wildman–Crippen LogP) is 5.33. The van der Waals surface area contributed by atoms with Crippen LogP contribution in [-0.2, 0) is 0 Å². The van der Waals surface area contributed by atoms with Gasteiger partial charge in [0.2, 0.25) is 0 Å². The van der Waals surface area contributed by atoms with Crippen molar-refractivity contribution in [3.05, 3.63) is 95.6 Å². The zero-order chi connectivity index (χ0) is 19.5. The Bertz CT molecular complexity index is 1220. The maximum Gasteiger partial charge on any atom is 0.255 e. The van der Waals surface area contributed by atoms with Crippen LogP contribution in [0.3, 0.4) is 0 Å². The number of fused-ring (bicyclic) bond motifs is 1. The summed E-state index contributed by atoms with van der Waals surface area (Å²) in [4.78, 5) is 17.4. The normalized spacial score (nSPS) is 10.4. The largest absolute Gasteiger partial charge is 0.321 e. The van der Waals surface area contributed by atoms with Gasteiger partial charge in [0.15, 0.2) is 0 Å². The molecular formula is C24H17N3O. The number of amides is 1. The topological polar surface area (TPSA) is 65.8 Å². The minimum Gasteiger partial charge on any atom is -0.321 e. The van der Waals surface area contributed by atoms with E-state index in [1.54, 1.807) is 24.3 Å². The molecule has 4 rings (SSSR count). The summed E-state index contributed by atoms with van der Waals surface area (Å²) in [6.07, 6.45) is 0. The average Bonchev–Trinajstić information content (AvgIpc) is 2.74. The van der Waals surface area contributed by atoms with E-state index in [1.165, 1.54) is 5.56 Å². The Morgan fingerprint density at radius 3 is 2.54 bits per heavy atom. The summed E-state index contributed by atoms with van der Waals surface area (Å²) in [6.45, 7) is 2.06. The van der Waals surface area contributed by atoms with Crippen LogP contribution in [0.4, 0.5) is 5.69 Å². The summed E-state index contributed by atoms with van der Waals surface area (Å²) in [7, 11) is 0. The summed E-state index contributed by atoms with van der Waals surface area (Å²) < 4.78 is 0. The Balaban J connectivity index is 1.68. The Hall–Kier alpha value is -3.97. The molecule has 1 heterocycles. The van der Waals surface area contributed by atoms with Gasteiger partial charge < -0.3 is 5.32 Å². The first-order chi connectivity index (χ1) is 13.6. The quantitative estimate of drug-likeness (QED) is 0.535. The number of aryl methyl sites for hydroxylation is 1. The van der Waals surface area contributed by atoms with Crippen molar-refractivity contribution in [2.75, 3.05) is 5.32 Å². The molecular weight excluding hydrogens is 346 g/mol. The minimum atomic E-state index is -0.228. The summed E-state index contributed by atoms with van der Waals surface area (Å²) in [5.41, 5.74) is 5.46. The van der Waals surface area contributed by atoms with Crippen molar-refractivity contribution in [3.63, 3.8) is 0 Å². The molecule has 4 heteroatoms. The molecule has 4 nitrogen and oxygen atoms in total. The van der Waals surface area contributed by atoms with E-state index in [0.29, 0.717) is 16.8 Å². The molecule has 0 fully saturated rings. The third kappa shape index (κ3) is 3.46. The number of anilines is 1. The molecule has 1 N–H and O–H groups in total. The number of pyridine rings is 1. The van der Waals surface area contributed by atoms with Gasteiger partial charge in [-0.1, -0.05) is 35.9 Å². The molecule has 0 saturated carbocycles. The highest BCUT2D eigenvalue weighted by Crippen LogP contribution is 2.28. The number of nitrogens with zero attached hydrogens (tertiary/aromatic N) is 2.